The standard InChI is InChI=1S/C19H26N2O3S/c1-5-23-17-8-7-14(11-18(17)24-6-2)19(22)20-12-16(21(3)4)15-9-10-25-13-15/h7-11,13,16H,5-6,12H2,1-4H3,(H,20,22). The van der Waals surface area contributed by atoms with Gasteiger partial charge in [0.25, 0.3) is 5.91 Å². The smallest absolute Gasteiger partial charge is 0.251 e. The van der Waals surface area contributed by atoms with Gasteiger partial charge in [-0.2, -0.15) is 11.3 Å². The van der Waals surface area contributed by atoms with Gasteiger partial charge in [0.2, 0.25) is 0 Å². The molecule has 2 aromatic rings. The van der Waals surface area contributed by atoms with E-state index in [0.29, 0.717) is 36.8 Å². The van der Waals surface area contributed by atoms with Crippen LogP contribution in [-0.2, 0) is 0 Å². The maximum absolute atomic E-state index is 12.5. The molecule has 5 nitrogen and oxygen atoms in total. The molecule has 0 fully saturated rings. The van der Waals surface area contributed by atoms with Crippen molar-refractivity contribution in [2.45, 2.75) is 19.9 Å². The molecule has 1 heterocycles. The first-order valence-electron chi connectivity index (χ1n) is 8.43. The number of hydrogen-bond acceptors (Lipinski definition) is 5. The van der Waals surface area contributed by atoms with Crippen LogP contribution in [0.2, 0.25) is 0 Å². The number of carbonyl (C=O) groups excluding carboxylic acids is 1. The molecule has 1 amide bonds. The lowest BCUT2D eigenvalue weighted by Gasteiger charge is -2.24. The second kappa shape index (κ2) is 9.44. The zero-order chi connectivity index (χ0) is 18.2. The maximum Gasteiger partial charge on any atom is 0.251 e. The minimum atomic E-state index is -0.119. The van der Waals surface area contributed by atoms with E-state index in [2.05, 4.69) is 27.0 Å². The van der Waals surface area contributed by atoms with Gasteiger partial charge in [-0.05, 0) is 68.5 Å². The van der Waals surface area contributed by atoms with Crippen LogP contribution in [0.25, 0.3) is 0 Å². The van der Waals surface area contributed by atoms with Crippen molar-refractivity contribution in [2.75, 3.05) is 33.9 Å². The molecule has 0 aliphatic carbocycles. The Bertz CT molecular complexity index is 671. The number of rotatable bonds is 9. The summed E-state index contributed by atoms with van der Waals surface area (Å²) in [4.78, 5) is 14.6. The zero-order valence-corrected chi connectivity index (χ0v) is 16.1. The molecule has 0 spiro atoms. The van der Waals surface area contributed by atoms with Gasteiger partial charge in [0.1, 0.15) is 0 Å². The highest BCUT2D eigenvalue weighted by atomic mass is 32.1. The number of carbonyl (C=O) groups is 1. The topological polar surface area (TPSA) is 50.8 Å². The largest absolute Gasteiger partial charge is 0.490 e. The number of ether oxygens (including phenoxy) is 2. The first-order chi connectivity index (χ1) is 12.1. The first-order valence-corrected chi connectivity index (χ1v) is 9.37. The quantitative estimate of drug-likeness (QED) is 0.741. The van der Waals surface area contributed by atoms with E-state index in [1.165, 1.54) is 5.56 Å². The SMILES string of the molecule is CCOc1ccc(C(=O)NCC(c2ccsc2)N(C)C)cc1OCC. The molecule has 6 heteroatoms. The lowest BCUT2D eigenvalue weighted by atomic mass is 10.1. The highest BCUT2D eigenvalue weighted by Gasteiger charge is 2.17. The number of amides is 1. The molecule has 0 radical (unpaired) electrons. The van der Waals surface area contributed by atoms with Crippen molar-refractivity contribution in [2.24, 2.45) is 0 Å². The van der Waals surface area contributed by atoms with Crippen molar-refractivity contribution in [3.63, 3.8) is 0 Å². The van der Waals surface area contributed by atoms with Crippen molar-refractivity contribution in [3.05, 3.63) is 46.2 Å². The van der Waals surface area contributed by atoms with Gasteiger partial charge in [0.05, 0.1) is 19.3 Å². The summed E-state index contributed by atoms with van der Waals surface area (Å²) in [7, 11) is 4.02. The monoisotopic (exact) mass is 362 g/mol. The average molecular weight is 362 g/mol. The molecule has 136 valence electrons. The third-order valence-corrected chi connectivity index (χ3v) is 4.51. The molecule has 1 atom stereocenters. The number of nitrogens with zero attached hydrogens (tertiary/aromatic N) is 1. The van der Waals surface area contributed by atoms with Gasteiger partial charge in [0.15, 0.2) is 11.5 Å². The summed E-state index contributed by atoms with van der Waals surface area (Å²) in [5.74, 6) is 1.13. The van der Waals surface area contributed by atoms with Crippen molar-refractivity contribution in [1.82, 2.24) is 10.2 Å². The van der Waals surface area contributed by atoms with Crippen LogP contribution < -0.4 is 14.8 Å². The van der Waals surface area contributed by atoms with Crippen molar-refractivity contribution in [1.29, 1.82) is 0 Å². The molecule has 1 N–H and O–H groups in total. The second-order valence-electron chi connectivity index (χ2n) is 5.77. The Balaban J connectivity index is 2.08. The summed E-state index contributed by atoms with van der Waals surface area (Å²) in [5, 5.41) is 7.18. The Labute approximate surface area is 153 Å². The Kier molecular flexibility index (Phi) is 7.28. The third-order valence-electron chi connectivity index (χ3n) is 3.81. The highest BCUT2D eigenvalue weighted by Crippen LogP contribution is 2.28. The van der Waals surface area contributed by atoms with Crippen molar-refractivity contribution < 1.29 is 14.3 Å². The van der Waals surface area contributed by atoms with E-state index >= 15 is 0 Å². The molecule has 1 unspecified atom stereocenters. The molecule has 1 aromatic heterocycles. The molecule has 1 aromatic carbocycles. The molecule has 2 rings (SSSR count). The molecular formula is C19H26N2O3S. The van der Waals surface area contributed by atoms with E-state index in [9.17, 15) is 4.79 Å². The van der Waals surface area contributed by atoms with Crippen LogP contribution in [0, 0.1) is 0 Å². The summed E-state index contributed by atoms with van der Waals surface area (Å²) < 4.78 is 11.1. The third kappa shape index (κ3) is 5.21. The predicted octanol–water partition coefficient (Wildman–Crippen LogP) is 3.58. The number of likely N-dealkylation sites (N-methyl/N-ethyl adjacent to an activating group) is 1. The van der Waals surface area contributed by atoms with Crippen LogP contribution in [0.1, 0.15) is 35.8 Å². The van der Waals surface area contributed by atoms with Crippen molar-refractivity contribution in [3.8, 4) is 11.5 Å². The van der Waals surface area contributed by atoms with E-state index in [1.807, 2.05) is 27.9 Å². The molecule has 0 bridgehead atoms. The summed E-state index contributed by atoms with van der Waals surface area (Å²) in [6, 6.07) is 7.51. The Hall–Kier alpha value is -2.05. The number of nitrogens with one attached hydrogen (secondary N) is 1. The van der Waals surface area contributed by atoms with E-state index in [-0.39, 0.29) is 11.9 Å². The average Bonchev–Trinajstić information content (AvgIpc) is 3.10. The van der Waals surface area contributed by atoms with Gasteiger partial charge in [-0.15, -0.1) is 0 Å². The zero-order valence-electron chi connectivity index (χ0n) is 15.2. The van der Waals surface area contributed by atoms with Gasteiger partial charge >= 0.3 is 0 Å². The van der Waals surface area contributed by atoms with E-state index in [4.69, 9.17) is 9.47 Å². The van der Waals surface area contributed by atoms with Crippen LogP contribution in [0.3, 0.4) is 0 Å². The number of benzene rings is 1. The molecule has 0 aliphatic rings. The Morgan fingerprint density at radius 1 is 1.16 bits per heavy atom. The molecule has 25 heavy (non-hydrogen) atoms. The Morgan fingerprint density at radius 2 is 1.88 bits per heavy atom. The predicted molar refractivity (Wildman–Crippen MR) is 102 cm³/mol. The molecule has 0 saturated carbocycles. The fourth-order valence-electron chi connectivity index (χ4n) is 2.55. The fraction of sp³-hybridized carbons (Fsp3) is 0.421. The summed E-state index contributed by atoms with van der Waals surface area (Å²) in [6.45, 7) is 5.44. The number of hydrogen-bond donors (Lipinski definition) is 1. The second-order valence-corrected chi connectivity index (χ2v) is 6.55. The Morgan fingerprint density at radius 3 is 2.48 bits per heavy atom. The van der Waals surface area contributed by atoms with Crippen LogP contribution in [0.5, 0.6) is 11.5 Å². The fourth-order valence-corrected chi connectivity index (χ4v) is 3.25. The van der Waals surface area contributed by atoms with Gasteiger partial charge in [-0.1, -0.05) is 0 Å². The summed E-state index contributed by atoms with van der Waals surface area (Å²) in [6.07, 6.45) is 0. The van der Waals surface area contributed by atoms with Gasteiger partial charge in [-0.3, -0.25) is 4.79 Å². The van der Waals surface area contributed by atoms with Crippen molar-refractivity contribution >= 4 is 17.2 Å². The molecule has 0 saturated heterocycles. The first kappa shape index (κ1) is 19.3. The lowest BCUT2D eigenvalue weighted by Crippen LogP contribution is -2.34. The van der Waals surface area contributed by atoms with E-state index in [1.54, 1.807) is 29.5 Å². The van der Waals surface area contributed by atoms with Crippen LogP contribution in [-0.4, -0.2) is 44.7 Å². The van der Waals surface area contributed by atoms with E-state index < -0.39 is 0 Å². The van der Waals surface area contributed by atoms with Gasteiger partial charge in [-0.25, -0.2) is 0 Å². The van der Waals surface area contributed by atoms with Crippen LogP contribution >= 0.6 is 11.3 Å². The summed E-state index contributed by atoms with van der Waals surface area (Å²) in [5.41, 5.74) is 1.77. The van der Waals surface area contributed by atoms with Crippen LogP contribution in [0.15, 0.2) is 35.0 Å². The molecular weight excluding hydrogens is 336 g/mol. The highest BCUT2D eigenvalue weighted by molar-refractivity contribution is 7.07. The lowest BCUT2D eigenvalue weighted by molar-refractivity contribution is 0.0941. The summed E-state index contributed by atoms with van der Waals surface area (Å²) >= 11 is 1.66. The molecule has 0 aliphatic heterocycles. The van der Waals surface area contributed by atoms with Crippen LogP contribution in [0.4, 0.5) is 0 Å². The minimum absolute atomic E-state index is 0.119. The normalized spacial score (nSPS) is 12.0. The van der Waals surface area contributed by atoms with E-state index in [0.717, 1.165) is 0 Å². The number of thiophene rings is 1. The minimum Gasteiger partial charge on any atom is -0.490 e. The van der Waals surface area contributed by atoms with Gasteiger partial charge in [0, 0.05) is 12.1 Å². The maximum atomic E-state index is 12.5. The van der Waals surface area contributed by atoms with Gasteiger partial charge < -0.3 is 19.7 Å².